The molecular weight excluding hydrogens is 335 g/mol. The quantitative estimate of drug-likeness (QED) is 0.693. The molecule has 0 bridgehead atoms. The fourth-order valence-electron chi connectivity index (χ4n) is 2.23. The largest absolute Gasteiger partial charge is 0.364 e. The lowest BCUT2D eigenvalue weighted by atomic mass is 10.2. The number of amides is 2. The second-order valence-corrected chi connectivity index (χ2v) is 5.43. The number of nitrogens with zero attached hydrogens (tertiary/aromatic N) is 2. The molecule has 0 fully saturated rings. The third-order valence-electron chi connectivity index (χ3n) is 3.54. The number of aromatic nitrogens is 2. The number of benzene rings is 2. The Bertz CT molecular complexity index is 960. The fourth-order valence-corrected chi connectivity index (χ4v) is 2.23. The van der Waals surface area contributed by atoms with Crippen LogP contribution in [0.1, 0.15) is 16.1 Å². The predicted molar refractivity (Wildman–Crippen MR) is 96.1 cm³/mol. The molecule has 3 N–H and O–H groups in total. The summed E-state index contributed by atoms with van der Waals surface area (Å²) < 4.78 is 14.4. The molecule has 0 saturated heterocycles. The van der Waals surface area contributed by atoms with Gasteiger partial charge in [0.1, 0.15) is 11.5 Å². The number of carbonyl (C=O) groups excluding carboxylic acids is 2. The molecule has 26 heavy (non-hydrogen) atoms. The van der Waals surface area contributed by atoms with Crippen molar-refractivity contribution in [3.63, 3.8) is 0 Å². The van der Waals surface area contributed by atoms with Crippen molar-refractivity contribution in [2.75, 3.05) is 5.32 Å². The van der Waals surface area contributed by atoms with E-state index in [0.717, 1.165) is 11.3 Å². The van der Waals surface area contributed by atoms with Gasteiger partial charge in [0.2, 0.25) is 5.91 Å². The topological polar surface area (TPSA) is 90.0 Å². The highest BCUT2D eigenvalue weighted by Crippen LogP contribution is 2.13. The Labute approximate surface area is 148 Å². The van der Waals surface area contributed by atoms with Crippen molar-refractivity contribution < 1.29 is 14.0 Å². The first-order valence-corrected chi connectivity index (χ1v) is 7.72. The van der Waals surface area contributed by atoms with Gasteiger partial charge in [-0.25, -0.2) is 9.07 Å². The van der Waals surface area contributed by atoms with E-state index >= 15 is 0 Å². The summed E-state index contributed by atoms with van der Waals surface area (Å²) in [5, 5.41) is 6.78. The van der Waals surface area contributed by atoms with Crippen molar-refractivity contribution in [1.29, 1.82) is 0 Å². The number of hydrogen-bond acceptors (Lipinski definition) is 3. The van der Waals surface area contributed by atoms with Gasteiger partial charge in [-0.1, -0.05) is 12.1 Å². The van der Waals surface area contributed by atoms with E-state index in [9.17, 15) is 14.0 Å². The van der Waals surface area contributed by atoms with E-state index in [2.05, 4.69) is 10.4 Å². The molecule has 1 heterocycles. The molecule has 7 heteroatoms. The van der Waals surface area contributed by atoms with Gasteiger partial charge in [0.25, 0.3) is 5.91 Å². The van der Waals surface area contributed by atoms with E-state index in [0.29, 0.717) is 5.69 Å². The number of nitrogens with two attached hydrogens (primary N) is 1. The summed E-state index contributed by atoms with van der Waals surface area (Å²) in [5.41, 5.74) is 7.39. The predicted octanol–water partition coefficient (Wildman–Crippen LogP) is 2.76. The van der Waals surface area contributed by atoms with E-state index < -0.39 is 5.91 Å². The van der Waals surface area contributed by atoms with E-state index in [1.807, 2.05) is 0 Å². The first-order valence-electron chi connectivity index (χ1n) is 7.72. The van der Waals surface area contributed by atoms with Gasteiger partial charge < -0.3 is 11.1 Å². The first kappa shape index (κ1) is 17.1. The van der Waals surface area contributed by atoms with Crippen LogP contribution in [0.4, 0.5) is 10.1 Å². The van der Waals surface area contributed by atoms with Crippen LogP contribution in [0.5, 0.6) is 0 Å². The van der Waals surface area contributed by atoms with Crippen LogP contribution in [-0.4, -0.2) is 21.6 Å². The van der Waals surface area contributed by atoms with Crippen LogP contribution in [0.25, 0.3) is 11.8 Å². The summed E-state index contributed by atoms with van der Waals surface area (Å²) in [6.07, 6.45) is 4.59. The highest BCUT2D eigenvalue weighted by molar-refractivity contribution is 6.01. The summed E-state index contributed by atoms with van der Waals surface area (Å²) in [5.74, 6) is -1.23. The zero-order valence-corrected chi connectivity index (χ0v) is 13.6. The van der Waals surface area contributed by atoms with Crippen LogP contribution in [-0.2, 0) is 4.79 Å². The van der Waals surface area contributed by atoms with Crippen LogP contribution in [0, 0.1) is 5.82 Å². The minimum Gasteiger partial charge on any atom is -0.364 e. The Morgan fingerprint density at radius 3 is 2.35 bits per heavy atom. The Hall–Kier alpha value is -3.74. The lowest BCUT2D eigenvalue weighted by Gasteiger charge is -2.05. The zero-order chi connectivity index (χ0) is 18.5. The molecule has 130 valence electrons. The van der Waals surface area contributed by atoms with Gasteiger partial charge in [-0.2, -0.15) is 5.10 Å². The molecule has 0 spiro atoms. The molecule has 0 saturated carbocycles. The van der Waals surface area contributed by atoms with Crippen molar-refractivity contribution in [2.24, 2.45) is 5.73 Å². The Morgan fingerprint density at radius 1 is 1.04 bits per heavy atom. The summed E-state index contributed by atoms with van der Waals surface area (Å²) in [4.78, 5) is 23.0. The smallest absolute Gasteiger partial charge is 0.269 e. The summed E-state index contributed by atoms with van der Waals surface area (Å²) in [6.45, 7) is 0. The van der Waals surface area contributed by atoms with Crippen molar-refractivity contribution in [3.8, 4) is 5.69 Å². The molecule has 6 nitrogen and oxygen atoms in total. The average molecular weight is 350 g/mol. The maximum Gasteiger partial charge on any atom is 0.269 e. The third-order valence-corrected chi connectivity index (χ3v) is 3.54. The minimum absolute atomic E-state index is 0.174. The van der Waals surface area contributed by atoms with Crippen LogP contribution < -0.4 is 11.1 Å². The molecule has 0 atom stereocenters. The van der Waals surface area contributed by atoms with Crippen molar-refractivity contribution in [2.45, 2.75) is 0 Å². The zero-order valence-electron chi connectivity index (χ0n) is 13.6. The SMILES string of the molecule is NC(=O)c1ccn(-c2ccc(NC(=O)/C=C/c3ccc(F)cc3)cc2)n1. The molecule has 0 aliphatic rings. The number of carbonyl (C=O) groups is 2. The normalized spacial score (nSPS) is 10.8. The van der Waals surface area contributed by atoms with Crippen molar-refractivity contribution in [3.05, 3.63) is 83.9 Å². The van der Waals surface area contributed by atoms with Gasteiger partial charge in [0, 0.05) is 18.0 Å². The summed E-state index contributed by atoms with van der Waals surface area (Å²) >= 11 is 0. The summed E-state index contributed by atoms with van der Waals surface area (Å²) in [7, 11) is 0. The van der Waals surface area contributed by atoms with Gasteiger partial charge in [-0.05, 0) is 54.1 Å². The van der Waals surface area contributed by atoms with Crippen LogP contribution in [0.2, 0.25) is 0 Å². The third kappa shape index (κ3) is 4.21. The molecule has 2 aromatic carbocycles. The molecule has 2 amide bonds. The van der Waals surface area contributed by atoms with Crippen LogP contribution in [0.3, 0.4) is 0 Å². The number of hydrogen-bond donors (Lipinski definition) is 2. The van der Waals surface area contributed by atoms with E-state index in [-0.39, 0.29) is 17.4 Å². The number of primary amides is 1. The van der Waals surface area contributed by atoms with Crippen LogP contribution in [0.15, 0.2) is 66.9 Å². The molecule has 0 unspecified atom stereocenters. The van der Waals surface area contributed by atoms with Gasteiger partial charge in [-0.3, -0.25) is 9.59 Å². The lowest BCUT2D eigenvalue weighted by Crippen LogP contribution is -2.12. The van der Waals surface area contributed by atoms with E-state index in [4.69, 9.17) is 5.73 Å². The van der Waals surface area contributed by atoms with Gasteiger partial charge in [0.05, 0.1) is 5.69 Å². The van der Waals surface area contributed by atoms with Crippen molar-refractivity contribution >= 4 is 23.6 Å². The molecule has 3 aromatic rings. The molecule has 0 aliphatic carbocycles. The monoisotopic (exact) mass is 350 g/mol. The number of anilines is 1. The molecule has 0 aliphatic heterocycles. The number of nitrogens with one attached hydrogen (secondary N) is 1. The molecule has 1 aromatic heterocycles. The van der Waals surface area contributed by atoms with Gasteiger partial charge in [-0.15, -0.1) is 0 Å². The fraction of sp³-hybridized carbons (Fsp3) is 0. The number of rotatable bonds is 5. The van der Waals surface area contributed by atoms with E-state index in [1.165, 1.54) is 29.0 Å². The standard InChI is InChI=1S/C19H15FN4O2/c20-14-4-1-13(2-5-14)3-10-18(25)22-15-6-8-16(9-7-15)24-12-11-17(23-24)19(21)26/h1-12H,(H2,21,26)(H,22,25)/b10-3+. The lowest BCUT2D eigenvalue weighted by molar-refractivity contribution is -0.111. The Morgan fingerprint density at radius 2 is 1.73 bits per heavy atom. The second-order valence-electron chi connectivity index (χ2n) is 5.43. The average Bonchev–Trinajstić information content (AvgIpc) is 3.12. The minimum atomic E-state index is -0.597. The van der Waals surface area contributed by atoms with E-state index in [1.54, 1.807) is 48.7 Å². The van der Waals surface area contributed by atoms with Gasteiger partial charge >= 0.3 is 0 Å². The Balaban J connectivity index is 1.63. The van der Waals surface area contributed by atoms with Gasteiger partial charge in [0.15, 0.2) is 0 Å². The number of halogens is 1. The molecular formula is C19H15FN4O2. The first-order chi connectivity index (χ1) is 12.5. The molecule has 3 rings (SSSR count). The highest BCUT2D eigenvalue weighted by atomic mass is 19.1. The maximum absolute atomic E-state index is 12.8. The highest BCUT2D eigenvalue weighted by Gasteiger charge is 2.06. The Kier molecular flexibility index (Phi) is 4.89. The van der Waals surface area contributed by atoms with Crippen molar-refractivity contribution in [1.82, 2.24) is 9.78 Å². The molecule has 0 radical (unpaired) electrons. The summed E-state index contributed by atoms with van der Waals surface area (Å²) in [6, 6.07) is 14.3. The second kappa shape index (κ2) is 7.43. The van der Waals surface area contributed by atoms with Crippen LogP contribution >= 0.6 is 0 Å². The maximum atomic E-state index is 12.8.